The number of carbonyl (C=O) groups is 2. The van der Waals surface area contributed by atoms with Crippen LogP contribution in [0.2, 0.25) is 0 Å². The molecule has 0 saturated carbocycles. The van der Waals surface area contributed by atoms with Crippen LogP contribution in [0.1, 0.15) is 40.9 Å². The zero-order valence-electron chi connectivity index (χ0n) is 18.1. The number of benzene rings is 2. The molecular weight excluding hydrogens is 388 g/mol. The molecule has 0 unspecified atom stereocenters. The maximum atomic E-state index is 12.5. The molecule has 162 valence electrons. The summed E-state index contributed by atoms with van der Waals surface area (Å²) >= 11 is 0. The van der Waals surface area contributed by atoms with Gasteiger partial charge in [-0.25, -0.2) is 0 Å². The van der Waals surface area contributed by atoms with Crippen molar-refractivity contribution < 1.29 is 14.7 Å². The predicted octanol–water partition coefficient (Wildman–Crippen LogP) is 3.34. The second kappa shape index (κ2) is 11.0. The fourth-order valence-corrected chi connectivity index (χ4v) is 3.83. The fraction of sp³-hybridized carbons (Fsp3) is 0.308. The average molecular weight is 419 g/mol. The van der Waals surface area contributed by atoms with Gasteiger partial charge in [-0.3, -0.25) is 14.5 Å². The largest absolute Gasteiger partial charge is 0.388 e. The number of nitrogens with one attached hydrogen (secondary N) is 1. The Kier molecular flexibility index (Phi) is 8.06. The van der Waals surface area contributed by atoms with Crippen molar-refractivity contribution in [2.24, 2.45) is 0 Å². The third kappa shape index (κ3) is 7.10. The lowest BCUT2D eigenvalue weighted by Crippen LogP contribution is -2.53. The van der Waals surface area contributed by atoms with E-state index in [0.29, 0.717) is 17.6 Å². The molecule has 5 nitrogen and oxygen atoms in total. The molecular formula is C26H30N2O3. The highest BCUT2D eigenvalue weighted by Gasteiger charge is 2.20. The first-order chi connectivity index (χ1) is 14.9. The van der Waals surface area contributed by atoms with Gasteiger partial charge in [-0.05, 0) is 42.7 Å². The molecule has 0 spiro atoms. The standard InChI is InChI=1S/C26H30N2O3/c1-19-15-28(16-20(2)27-19)17-23-7-11-24(12-8-23)26(31)14-10-22-5-3-21(4-6-22)9-13-25(30)18-29/h3-14,19-20,27,29H,15-18H2,1-2H3/b13-9+,14-10+/t19-,20+. The highest BCUT2D eigenvalue weighted by atomic mass is 16.3. The topological polar surface area (TPSA) is 69.6 Å². The number of hydrogen-bond acceptors (Lipinski definition) is 5. The molecule has 2 N–H and O–H groups in total. The lowest BCUT2D eigenvalue weighted by Gasteiger charge is -2.36. The van der Waals surface area contributed by atoms with Gasteiger partial charge in [-0.1, -0.05) is 60.7 Å². The average Bonchev–Trinajstić information content (AvgIpc) is 2.76. The number of ketones is 2. The smallest absolute Gasteiger partial charge is 0.185 e. The van der Waals surface area contributed by atoms with Gasteiger partial charge >= 0.3 is 0 Å². The van der Waals surface area contributed by atoms with Crippen molar-refractivity contribution in [3.63, 3.8) is 0 Å². The Morgan fingerprint density at radius 2 is 1.48 bits per heavy atom. The number of aliphatic hydroxyl groups excluding tert-OH is 1. The zero-order valence-corrected chi connectivity index (χ0v) is 18.1. The minimum Gasteiger partial charge on any atom is -0.388 e. The van der Waals surface area contributed by atoms with Crippen LogP contribution in [0.5, 0.6) is 0 Å². The predicted molar refractivity (Wildman–Crippen MR) is 125 cm³/mol. The Bertz CT molecular complexity index is 936. The molecule has 0 aliphatic carbocycles. The molecule has 2 atom stereocenters. The van der Waals surface area contributed by atoms with Gasteiger partial charge in [0.15, 0.2) is 11.6 Å². The minimum atomic E-state index is -0.492. The number of allylic oxidation sites excluding steroid dienone is 1. The minimum absolute atomic E-state index is 0.0338. The molecule has 0 bridgehead atoms. The molecule has 5 heteroatoms. The van der Waals surface area contributed by atoms with Crippen LogP contribution in [0, 0.1) is 0 Å². The molecule has 1 fully saturated rings. The third-order valence-electron chi connectivity index (χ3n) is 5.26. The summed E-state index contributed by atoms with van der Waals surface area (Å²) < 4.78 is 0. The van der Waals surface area contributed by atoms with Crippen LogP contribution in [0.4, 0.5) is 0 Å². The van der Waals surface area contributed by atoms with E-state index in [0.717, 1.165) is 30.8 Å². The van der Waals surface area contributed by atoms with E-state index in [1.165, 1.54) is 11.6 Å². The van der Waals surface area contributed by atoms with Gasteiger partial charge < -0.3 is 10.4 Å². The van der Waals surface area contributed by atoms with Gasteiger partial charge in [0.1, 0.15) is 6.61 Å². The summed E-state index contributed by atoms with van der Waals surface area (Å²) in [4.78, 5) is 26.1. The van der Waals surface area contributed by atoms with E-state index in [9.17, 15) is 9.59 Å². The van der Waals surface area contributed by atoms with Crippen molar-refractivity contribution in [3.8, 4) is 0 Å². The summed E-state index contributed by atoms with van der Waals surface area (Å²) in [7, 11) is 0. The molecule has 2 aromatic carbocycles. The first-order valence-electron chi connectivity index (χ1n) is 10.6. The number of hydrogen-bond donors (Lipinski definition) is 2. The van der Waals surface area contributed by atoms with E-state index in [-0.39, 0.29) is 11.6 Å². The molecule has 1 heterocycles. The Hall–Kier alpha value is -2.86. The first-order valence-corrected chi connectivity index (χ1v) is 10.6. The van der Waals surface area contributed by atoms with E-state index in [2.05, 4.69) is 24.1 Å². The van der Waals surface area contributed by atoms with Crippen molar-refractivity contribution >= 4 is 23.7 Å². The van der Waals surface area contributed by atoms with Crippen molar-refractivity contribution in [3.05, 3.63) is 82.9 Å². The van der Waals surface area contributed by atoms with Gasteiger partial charge in [0.05, 0.1) is 0 Å². The second-order valence-corrected chi connectivity index (χ2v) is 8.18. The molecule has 0 amide bonds. The Balaban J connectivity index is 1.56. The molecule has 31 heavy (non-hydrogen) atoms. The molecule has 2 aromatic rings. The number of piperazine rings is 1. The zero-order chi connectivity index (χ0) is 22.2. The quantitative estimate of drug-likeness (QED) is 0.508. The summed E-state index contributed by atoms with van der Waals surface area (Å²) in [6, 6.07) is 16.3. The summed E-state index contributed by atoms with van der Waals surface area (Å²) in [6.07, 6.45) is 6.36. The van der Waals surface area contributed by atoms with Gasteiger partial charge in [-0.2, -0.15) is 0 Å². The first kappa shape index (κ1) is 22.8. The summed E-state index contributed by atoms with van der Waals surface area (Å²) in [5, 5.41) is 12.3. The van der Waals surface area contributed by atoms with Gasteiger partial charge in [0, 0.05) is 37.3 Å². The maximum absolute atomic E-state index is 12.5. The van der Waals surface area contributed by atoms with Gasteiger partial charge in [0.2, 0.25) is 0 Å². The van der Waals surface area contributed by atoms with Crippen molar-refractivity contribution in [1.82, 2.24) is 10.2 Å². The molecule has 1 aliphatic rings. The highest BCUT2D eigenvalue weighted by molar-refractivity contribution is 6.06. The normalized spacial score (nSPS) is 19.8. The fourth-order valence-electron chi connectivity index (χ4n) is 3.83. The molecule has 1 saturated heterocycles. The van der Waals surface area contributed by atoms with Crippen molar-refractivity contribution in [2.45, 2.75) is 32.5 Å². The van der Waals surface area contributed by atoms with E-state index >= 15 is 0 Å². The van der Waals surface area contributed by atoms with Crippen LogP contribution in [0.25, 0.3) is 12.2 Å². The molecule has 0 aromatic heterocycles. The lowest BCUT2D eigenvalue weighted by molar-refractivity contribution is -0.117. The van der Waals surface area contributed by atoms with Crippen LogP contribution in [0.3, 0.4) is 0 Å². The van der Waals surface area contributed by atoms with Gasteiger partial charge in [0.25, 0.3) is 0 Å². The summed E-state index contributed by atoms with van der Waals surface area (Å²) in [5.74, 6) is -0.369. The number of aliphatic hydroxyl groups is 1. The molecule has 0 radical (unpaired) electrons. The van der Waals surface area contributed by atoms with Crippen molar-refractivity contribution in [1.29, 1.82) is 0 Å². The van der Waals surface area contributed by atoms with E-state index < -0.39 is 6.61 Å². The van der Waals surface area contributed by atoms with Crippen LogP contribution < -0.4 is 5.32 Å². The van der Waals surface area contributed by atoms with Crippen LogP contribution in [-0.2, 0) is 11.3 Å². The van der Waals surface area contributed by atoms with Crippen LogP contribution in [-0.4, -0.2) is 53.4 Å². The number of nitrogens with zero attached hydrogens (tertiary/aromatic N) is 1. The molecule has 3 rings (SSSR count). The Morgan fingerprint density at radius 1 is 0.935 bits per heavy atom. The highest BCUT2D eigenvalue weighted by Crippen LogP contribution is 2.13. The maximum Gasteiger partial charge on any atom is 0.185 e. The summed E-state index contributed by atoms with van der Waals surface area (Å²) in [6.45, 7) is 6.87. The van der Waals surface area contributed by atoms with Crippen molar-refractivity contribution in [2.75, 3.05) is 19.7 Å². The Morgan fingerprint density at radius 3 is 2.03 bits per heavy atom. The SMILES string of the molecule is C[C@@H]1CN(Cc2ccc(C(=O)/C=C/c3ccc(/C=C/C(=O)CO)cc3)cc2)C[C@H](C)N1. The second-order valence-electron chi connectivity index (χ2n) is 8.18. The van der Waals surface area contributed by atoms with Gasteiger partial charge in [-0.15, -0.1) is 0 Å². The summed E-state index contributed by atoms with van der Waals surface area (Å²) in [5.41, 5.74) is 3.64. The van der Waals surface area contributed by atoms with E-state index in [1.54, 1.807) is 18.2 Å². The molecule has 1 aliphatic heterocycles. The number of carbonyl (C=O) groups excluding carboxylic acids is 2. The van der Waals surface area contributed by atoms with E-state index in [4.69, 9.17) is 5.11 Å². The van der Waals surface area contributed by atoms with E-state index in [1.807, 2.05) is 48.5 Å². The number of rotatable bonds is 8. The Labute approximate surface area is 184 Å². The third-order valence-corrected chi connectivity index (χ3v) is 5.26. The van der Waals surface area contributed by atoms with Crippen LogP contribution in [0.15, 0.2) is 60.7 Å². The lowest BCUT2D eigenvalue weighted by atomic mass is 10.0. The monoisotopic (exact) mass is 418 g/mol. The van der Waals surface area contributed by atoms with Crippen LogP contribution >= 0.6 is 0 Å².